The Labute approximate surface area is 172 Å². The number of hydrogen-bond acceptors (Lipinski definition) is 6. The van der Waals surface area contributed by atoms with Crippen LogP contribution in [0.4, 0.5) is 0 Å². The molecule has 1 heterocycles. The summed E-state index contributed by atoms with van der Waals surface area (Å²) in [7, 11) is 0. The van der Waals surface area contributed by atoms with Crippen molar-refractivity contribution < 1.29 is 14.3 Å². The number of aryl methyl sites for hydroxylation is 1. The summed E-state index contributed by atoms with van der Waals surface area (Å²) in [6.07, 6.45) is 2.48. The van der Waals surface area contributed by atoms with Crippen LogP contribution in [-0.2, 0) is 16.1 Å². The topological polar surface area (TPSA) is 68.3 Å². The Hall–Kier alpha value is -2.38. The van der Waals surface area contributed by atoms with Crippen LogP contribution in [0.2, 0.25) is 0 Å². The molecule has 146 valence electrons. The molecular formula is C21H22N2O3S2. The fourth-order valence-corrected chi connectivity index (χ4v) is 4.08. The molecule has 0 aliphatic carbocycles. The quantitative estimate of drug-likeness (QED) is 0.560. The Morgan fingerprint density at radius 2 is 2.04 bits per heavy atom. The Bertz CT molecular complexity index is 938. The van der Waals surface area contributed by atoms with Crippen molar-refractivity contribution in [3.05, 3.63) is 64.7 Å². The summed E-state index contributed by atoms with van der Waals surface area (Å²) >= 11 is 3.12. The van der Waals surface area contributed by atoms with Gasteiger partial charge in [-0.1, -0.05) is 29.8 Å². The van der Waals surface area contributed by atoms with Gasteiger partial charge in [-0.2, -0.15) is 11.8 Å². The average molecular weight is 415 g/mol. The first kappa shape index (κ1) is 20.4. The summed E-state index contributed by atoms with van der Waals surface area (Å²) < 4.78 is 6.52. The molecule has 3 rings (SSSR count). The molecule has 0 unspecified atom stereocenters. The Morgan fingerprint density at radius 1 is 1.21 bits per heavy atom. The van der Waals surface area contributed by atoms with E-state index in [4.69, 9.17) is 4.74 Å². The lowest BCUT2D eigenvalue weighted by molar-refractivity contribution is -0.147. The third-order valence-electron chi connectivity index (χ3n) is 4.16. The van der Waals surface area contributed by atoms with Crippen LogP contribution in [0.25, 0.3) is 10.2 Å². The van der Waals surface area contributed by atoms with Crippen molar-refractivity contribution in [3.63, 3.8) is 0 Å². The van der Waals surface area contributed by atoms with Gasteiger partial charge in [0.2, 0.25) is 0 Å². The van der Waals surface area contributed by atoms with Gasteiger partial charge in [-0.3, -0.25) is 4.79 Å². The number of nitrogens with zero attached hydrogens (tertiary/aromatic N) is 1. The van der Waals surface area contributed by atoms with Gasteiger partial charge in [-0.15, -0.1) is 11.3 Å². The van der Waals surface area contributed by atoms with E-state index in [9.17, 15) is 9.59 Å². The van der Waals surface area contributed by atoms with Crippen molar-refractivity contribution in [2.45, 2.75) is 26.0 Å². The SMILES string of the molecule is CSCC[C@H](NC(=O)c1cccc(C)c1)C(=O)OCc1nc2ccccc2s1. The van der Waals surface area contributed by atoms with Crippen LogP contribution in [0.1, 0.15) is 27.3 Å². The van der Waals surface area contributed by atoms with E-state index in [0.29, 0.717) is 12.0 Å². The summed E-state index contributed by atoms with van der Waals surface area (Å²) in [6.45, 7) is 2.03. The normalized spacial score (nSPS) is 11.9. The largest absolute Gasteiger partial charge is 0.457 e. The molecule has 0 bridgehead atoms. The standard InChI is InChI=1S/C21H22N2O3S2/c1-14-6-5-7-15(12-14)20(24)23-17(10-11-27-2)21(25)26-13-19-22-16-8-3-4-9-18(16)28-19/h3-9,12,17H,10-11,13H2,1-2H3,(H,23,24)/t17-/m0/s1. The molecule has 0 fully saturated rings. The van der Waals surface area contributed by atoms with E-state index in [1.165, 1.54) is 11.3 Å². The molecule has 2 aromatic carbocycles. The summed E-state index contributed by atoms with van der Waals surface area (Å²) in [5, 5.41) is 3.55. The van der Waals surface area contributed by atoms with Crippen molar-refractivity contribution >= 4 is 45.2 Å². The number of ether oxygens (including phenoxy) is 1. The number of para-hydroxylation sites is 1. The van der Waals surface area contributed by atoms with Crippen LogP contribution in [0.3, 0.4) is 0 Å². The molecule has 0 spiro atoms. The lowest BCUT2D eigenvalue weighted by Crippen LogP contribution is -2.42. The smallest absolute Gasteiger partial charge is 0.329 e. The molecule has 0 radical (unpaired) electrons. The minimum absolute atomic E-state index is 0.105. The number of aromatic nitrogens is 1. The van der Waals surface area contributed by atoms with Crippen molar-refractivity contribution in [1.82, 2.24) is 10.3 Å². The summed E-state index contributed by atoms with van der Waals surface area (Å²) in [5.74, 6) is 0.0377. The summed E-state index contributed by atoms with van der Waals surface area (Å²) in [4.78, 5) is 29.6. The number of fused-ring (bicyclic) bond motifs is 1. The van der Waals surface area contributed by atoms with E-state index in [1.54, 1.807) is 23.9 Å². The van der Waals surface area contributed by atoms with Crippen LogP contribution in [-0.4, -0.2) is 34.9 Å². The first-order chi connectivity index (χ1) is 13.6. The van der Waals surface area contributed by atoms with Crippen molar-refractivity contribution in [2.75, 3.05) is 12.0 Å². The summed E-state index contributed by atoms with van der Waals surface area (Å²) in [5.41, 5.74) is 2.42. The monoisotopic (exact) mass is 414 g/mol. The first-order valence-corrected chi connectivity index (χ1v) is 11.2. The Kier molecular flexibility index (Phi) is 7.06. The van der Waals surface area contributed by atoms with Gasteiger partial charge in [0.05, 0.1) is 10.2 Å². The molecule has 7 heteroatoms. The number of thiazole rings is 1. The maximum absolute atomic E-state index is 12.6. The van der Waals surface area contributed by atoms with Gasteiger partial charge in [0, 0.05) is 5.56 Å². The molecule has 1 amide bonds. The van der Waals surface area contributed by atoms with Crippen molar-refractivity contribution in [2.24, 2.45) is 0 Å². The number of hydrogen-bond donors (Lipinski definition) is 1. The van der Waals surface area contributed by atoms with Crippen LogP contribution < -0.4 is 5.32 Å². The molecule has 0 aliphatic rings. The van der Waals surface area contributed by atoms with E-state index >= 15 is 0 Å². The van der Waals surface area contributed by atoms with Crippen LogP contribution in [0.5, 0.6) is 0 Å². The minimum Gasteiger partial charge on any atom is -0.457 e. The average Bonchev–Trinajstić information content (AvgIpc) is 3.12. The maximum atomic E-state index is 12.6. The molecular weight excluding hydrogens is 392 g/mol. The highest BCUT2D eigenvalue weighted by Crippen LogP contribution is 2.22. The fraction of sp³-hybridized carbons (Fsp3) is 0.286. The molecule has 1 aromatic heterocycles. The molecule has 5 nitrogen and oxygen atoms in total. The van der Waals surface area contributed by atoms with Gasteiger partial charge in [0.15, 0.2) is 0 Å². The second kappa shape index (κ2) is 9.71. The number of benzene rings is 2. The molecule has 0 saturated carbocycles. The zero-order valence-electron chi connectivity index (χ0n) is 15.8. The van der Waals surface area contributed by atoms with Crippen LogP contribution in [0.15, 0.2) is 48.5 Å². The summed E-state index contributed by atoms with van der Waals surface area (Å²) in [6, 6.07) is 14.4. The minimum atomic E-state index is -0.685. The van der Waals surface area contributed by atoms with E-state index in [-0.39, 0.29) is 12.5 Å². The molecule has 0 saturated heterocycles. The number of amides is 1. The van der Waals surface area contributed by atoms with Gasteiger partial charge < -0.3 is 10.1 Å². The Morgan fingerprint density at radius 3 is 2.79 bits per heavy atom. The predicted octanol–water partition coefficient (Wildman–Crippen LogP) is 4.20. The van der Waals surface area contributed by atoms with Gasteiger partial charge in [-0.05, 0) is 49.6 Å². The third-order valence-corrected chi connectivity index (χ3v) is 5.81. The lowest BCUT2D eigenvalue weighted by atomic mass is 10.1. The van der Waals surface area contributed by atoms with E-state index in [0.717, 1.165) is 26.5 Å². The van der Waals surface area contributed by atoms with Gasteiger partial charge in [0.25, 0.3) is 5.91 Å². The highest BCUT2D eigenvalue weighted by Gasteiger charge is 2.23. The van der Waals surface area contributed by atoms with Crippen molar-refractivity contribution in [1.29, 1.82) is 0 Å². The Balaban J connectivity index is 1.64. The number of rotatable bonds is 8. The molecule has 0 aliphatic heterocycles. The number of nitrogens with one attached hydrogen (secondary N) is 1. The number of carbonyl (C=O) groups is 2. The second-order valence-corrected chi connectivity index (χ2v) is 8.46. The lowest BCUT2D eigenvalue weighted by Gasteiger charge is -2.17. The maximum Gasteiger partial charge on any atom is 0.329 e. The molecule has 1 atom stereocenters. The number of esters is 1. The van der Waals surface area contributed by atoms with E-state index < -0.39 is 12.0 Å². The fourth-order valence-electron chi connectivity index (χ4n) is 2.73. The van der Waals surface area contributed by atoms with Crippen LogP contribution >= 0.6 is 23.1 Å². The van der Waals surface area contributed by atoms with Gasteiger partial charge in [0.1, 0.15) is 17.7 Å². The van der Waals surface area contributed by atoms with E-state index in [2.05, 4.69) is 10.3 Å². The highest BCUT2D eigenvalue weighted by molar-refractivity contribution is 7.98. The zero-order valence-corrected chi connectivity index (χ0v) is 17.4. The first-order valence-electron chi connectivity index (χ1n) is 8.94. The highest BCUT2D eigenvalue weighted by atomic mass is 32.2. The van der Waals surface area contributed by atoms with E-state index in [1.807, 2.05) is 49.6 Å². The number of carbonyl (C=O) groups excluding carboxylic acids is 2. The molecule has 3 aromatic rings. The number of thioether (sulfide) groups is 1. The van der Waals surface area contributed by atoms with Crippen molar-refractivity contribution in [3.8, 4) is 0 Å². The molecule has 28 heavy (non-hydrogen) atoms. The van der Waals surface area contributed by atoms with Crippen LogP contribution in [0, 0.1) is 6.92 Å². The molecule has 1 N–H and O–H groups in total. The zero-order chi connectivity index (χ0) is 19.9. The third kappa shape index (κ3) is 5.33. The van der Waals surface area contributed by atoms with Gasteiger partial charge in [-0.25, -0.2) is 9.78 Å². The second-order valence-electron chi connectivity index (χ2n) is 6.36. The van der Waals surface area contributed by atoms with Gasteiger partial charge >= 0.3 is 5.97 Å². The predicted molar refractivity (Wildman–Crippen MR) is 115 cm³/mol.